The molecule has 0 amide bonds. The summed E-state index contributed by atoms with van der Waals surface area (Å²) >= 11 is 0. The molecule has 3 heteroatoms. The van der Waals surface area contributed by atoms with Crippen molar-refractivity contribution in [2.24, 2.45) is 0 Å². The third kappa shape index (κ3) is 110. The summed E-state index contributed by atoms with van der Waals surface area (Å²) in [6, 6.07) is 0. The van der Waals surface area contributed by atoms with E-state index >= 15 is 0 Å². The number of hydrogen-bond acceptors (Lipinski definition) is 0. The Balaban J connectivity index is -0.0000000400. The van der Waals surface area contributed by atoms with Gasteiger partial charge in [-0.1, -0.05) is 13.8 Å². The molecule has 0 heterocycles. The van der Waals surface area contributed by atoms with Gasteiger partial charge in [-0.2, -0.15) is 13.1 Å². The molecule has 0 aromatic rings. The molecule has 0 spiro atoms. The van der Waals surface area contributed by atoms with Gasteiger partial charge in [0, 0.05) is 0 Å². The van der Waals surface area contributed by atoms with E-state index in [0.29, 0.717) is 13.1 Å². The smallest absolute Gasteiger partial charge is 0.678 e. The SMILES string of the molecule is CC[NH-].CC[NH-].[Sr+2]. The van der Waals surface area contributed by atoms with Gasteiger partial charge < -0.3 is 11.5 Å². The minimum atomic E-state index is 0. The Kier molecular flexibility index (Phi) is 59.1. The molecule has 0 fully saturated rings. The van der Waals surface area contributed by atoms with Gasteiger partial charge in [-0.15, -0.1) is 0 Å². The molecule has 0 aliphatic heterocycles. The van der Waals surface area contributed by atoms with Crippen LogP contribution in [0.1, 0.15) is 13.8 Å². The van der Waals surface area contributed by atoms with Gasteiger partial charge in [-0.05, 0) is 0 Å². The molecule has 0 radical (unpaired) electrons. The van der Waals surface area contributed by atoms with Gasteiger partial charge in [-0.25, -0.2) is 0 Å². The van der Waals surface area contributed by atoms with Crippen LogP contribution in [-0.2, 0) is 0 Å². The van der Waals surface area contributed by atoms with Crippen molar-refractivity contribution >= 4 is 45.5 Å². The standard InChI is InChI=1S/2C2H6N.Sr/c2*1-2-3;/h2*3H,2H2,1H3;/q2*-1;+2. The molecule has 0 aromatic carbocycles. The van der Waals surface area contributed by atoms with Crippen molar-refractivity contribution < 1.29 is 0 Å². The van der Waals surface area contributed by atoms with Crippen LogP contribution in [0, 0.1) is 0 Å². The van der Waals surface area contributed by atoms with Crippen LogP contribution in [0.15, 0.2) is 0 Å². The van der Waals surface area contributed by atoms with Crippen LogP contribution in [0.3, 0.4) is 0 Å². The van der Waals surface area contributed by atoms with E-state index in [9.17, 15) is 0 Å². The Labute approximate surface area is 82.9 Å². The first-order valence-electron chi connectivity index (χ1n) is 2.12. The van der Waals surface area contributed by atoms with E-state index in [1.165, 1.54) is 0 Å². The molecule has 0 aliphatic carbocycles. The summed E-state index contributed by atoms with van der Waals surface area (Å²) in [4.78, 5) is 0. The quantitative estimate of drug-likeness (QED) is 0.504. The molecule has 0 saturated heterocycles. The topological polar surface area (TPSA) is 47.6 Å². The fourth-order valence-corrected chi connectivity index (χ4v) is 0. The molecular weight excluding hydrogens is 164 g/mol. The second-order valence-corrected chi connectivity index (χ2v) is 0.707. The van der Waals surface area contributed by atoms with Crippen molar-refractivity contribution in [1.82, 2.24) is 0 Å². The summed E-state index contributed by atoms with van der Waals surface area (Å²) < 4.78 is 0. The molecule has 0 aromatic heterocycles. The Hall–Kier alpha value is 1.40. The predicted octanol–water partition coefficient (Wildman–Crippen LogP) is 1.74. The van der Waals surface area contributed by atoms with Gasteiger partial charge in [0.1, 0.15) is 0 Å². The predicted molar refractivity (Wildman–Crippen MR) is 35.5 cm³/mol. The summed E-state index contributed by atoms with van der Waals surface area (Å²) in [5, 5.41) is 0. The summed E-state index contributed by atoms with van der Waals surface area (Å²) in [5.41, 5.74) is 12.4. The van der Waals surface area contributed by atoms with Crippen LogP contribution in [0.25, 0.3) is 11.5 Å². The second kappa shape index (κ2) is 26.2. The van der Waals surface area contributed by atoms with E-state index in [4.69, 9.17) is 11.5 Å². The van der Waals surface area contributed by atoms with Crippen LogP contribution >= 0.6 is 0 Å². The van der Waals surface area contributed by atoms with Crippen molar-refractivity contribution in [2.75, 3.05) is 13.1 Å². The average Bonchev–Trinajstić information content (AvgIpc) is 1.39. The number of hydrogen-bond donors (Lipinski definition) is 0. The van der Waals surface area contributed by atoms with Gasteiger partial charge in [0.25, 0.3) is 0 Å². The van der Waals surface area contributed by atoms with Crippen molar-refractivity contribution in [1.29, 1.82) is 0 Å². The summed E-state index contributed by atoms with van der Waals surface area (Å²) in [5.74, 6) is 0. The first-order chi connectivity index (χ1) is 2.83. The Morgan fingerprint density at radius 2 is 1.00 bits per heavy atom. The zero-order valence-corrected chi connectivity index (χ0v) is 8.60. The van der Waals surface area contributed by atoms with Crippen molar-refractivity contribution in [3.63, 3.8) is 0 Å². The number of rotatable bonds is 0. The van der Waals surface area contributed by atoms with E-state index in [1.807, 2.05) is 0 Å². The van der Waals surface area contributed by atoms with Crippen LogP contribution < -0.4 is 0 Å². The minimum absolute atomic E-state index is 0. The van der Waals surface area contributed by atoms with E-state index < -0.39 is 0 Å². The molecule has 0 rings (SSSR count). The molecule has 2 nitrogen and oxygen atoms in total. The molecule has 2 N–H and O–H groups in total. The molecule has 0 saturated carbocycles. The van der Waals surface area contributed by atoms with Crippen LogP contribution in [0.4, 0.5) is 0 Å². The number of nitrogens with one attached hydrogen (secondary N) is 2. The van der Waals surface area contributed by atoms with E-state index in [1.54, 1.807) is 13.8 Å². The van der Waals surface area contributed by atoms with Crippen molar-refractivity contribution in [2.45, 2.75) is 13.8 Å². The normalized spacial score (nSPS) is 5.14. The Morgan fingerprint density at radius 3 is 1.00 bits per heavy atom. The summed E-state index contributed by atoms with van der Waals surface area (Å²) in [6.07, 6.45) is 0. The maximum atomic E-state index is 6.21. The van der Waals surface area contributed by atoms with Crippen LogP contribution in [-0.4, -0.2) is 58.6 Å². The van der Waals surface area contributed by atoms with Crippen LogP contribution in [0.5, 0.6) is 0 Å². The van der Waals surface area contributed by atoms with Gasteiger partial charge in [0.15, 0.2) is 0 Å². The first-order valence-corrected chi connectivity index (χ1v) is 2.12. The summed E-state index contributed by atoms with van der Waals surface area (Å²) in [7, 11) is 0. The first kappa shape index (κ1) is 15.8. The molecule has 7 heavy (non-hydrogen) atoms. The van der Waals surface area contributed by atoms with Gasteiger partial charge in [-0.3, -0.25) is 0 Å². The largest absolute Gasteiger partial charge is 2.00 e. The average molecular weight is 176 g/mol. The van der Waals surface area contributed by atoms with Gasteiger partial charge in [0.2, 0.25) is 0 Å². The monoisotopic (exact) mass is 176 g/mol. The van der Waals surface area contributed by atoms with E-state index in [-0.39, 0.29) is 45.5 Å². The van der Waals surface area contributed by atoms with Crippen LogP contribution in [0.2, 0.25) is 0 Å². The summed E-state index contributed by atoms with van der Waals surface area (Å²) in [6.45, 7) is 4.58. The molecule has 40 valence electrons. The van der Waals surface area contributed by atoms with Crippen molar-refractivity contribution in [3.05, 3.63) is 11.5 Å². The molecule has 0 atom stereocenters. The van der Waals surface area contributed by atoms with Crippen molar-refractivity contribution in [3.8, 4) is 0 Å². The Bertz CT molecular complexity index is 11.7. The minimum Gasteiger partial charge on any atom is -0.678 e. The molecular formula is C4H12N2Sr. The van der Waals surface area contributed by atoms with E-state index in [2.05, 4.69) is 0 Å². The molecule has 0 unspecified atom stereocenters. The maximum Gasteiger partial charge on any atom is 2.00 e. The zero-order chi connectivity index (χ0) is 5.41. The molecule has 0 aliphatic rings. The Morgan fingerprint density at radius 1 is 1.00 bits per heavy atom. The van der Waals surface area contributed by atoms with Gasteiger partial charge >= 0.3 is 45.5 Å². The van der Waals surface area contributed by atoms with E-state index in [0.717, 1.165) is 0 Å². The third-order valence-corrected chi connectivity index (χ3v) is 0. The fraction of sp³-hybridized carbons (Fsp3) is 1.00. The second-order valence-electron chi connectivity index (χ2n) is 0.707. The zero-order valence-electron chi connectivity index (χ0n) is 5.12. The molecule has 0 bridgehead atoms. The fourth-order valence-electron chi connectivity index (χ4n) is 0. The third-order valence-electron chi connectivity index (χ3n) is 0. The maximum absolute atomic E-state index is 6.21. The van der Waals surface area contributed by atoms with Gasteiger partial charge in [0.05, 0.1) is 0 Å².